The summed E-state index contributed by atoms with van der Waals surface area (Å²) in [6.45, 7) is 8.30. The lowest BCUT2D eigenvalue weighted by molar-refractivity contribution is 0.339. The highest BCUT2D eigenvalue weighted by molar-refractivity contribution is 5.39. The molecule has 0 fully saturated rings. The first-order valence-electron chi connectivity index (χ1n) is 3.36. The van der Waals surface area contributed by atoms with Crippen molar-refractivity contribution < 1.29 is 10.2 Å². The predicted molar refractivity (Wildman–Crippen MR) is 49.6 cm³/mol. The summed E-state index contributed by atoms with van der Waals surface area (Å²) >= 11 is 0. The molecule has 0 bridgehead atoms. The minimum absolute atomic E-state index is 0.171. The Labute approximate surface area is 71.8 Å². The molecule has 0 aliphatic heterocycles. The van der Waals surface area contributed by atoms with E-state index in [4.69, 9.17) is 15.9 Å². The van der Waals surface area contributed by atoms with Crippen molar-refractivity contribution >= 4 is 0 Å². The average molecular weight is 167 g/mol. The Balaban J connectivity index is 4.86. The average Bonchev–Trinajstić information content (AvgIpc) is 1.98. The van der Waals surface area contributed by atoms with E-state index in [1.54, 1.807) is 0 Å². The van der Waals surface area contributed by atoms with E-state index >= 15 is 0 Å². The second-order valence-electron chi connectivity index (χ2n) is 2.30. The fourth-order valence-corrected chi connectivity index (χ4v) is 0.534. The maximum Gasteiger partial charge on any atom is 0.153 e. The zero-order chi connectivity index (χ0) is 9.72. The Morgan fingerprint density at radius 3 is 2.17 bits per heavy atom. The zero-order valence-electron chi connectivity index (χ0n) is 7.04. The van der Waals surface area contributed by atoms with Crippen LogP contribution in [0, 0.1) is 0 Å². The van der Waals surface area contributed by atoms with Crippen molar-refractivity contribution in [3.05, 3.63) is 48.1 Å². The van der Waals surface area contributed by atoms with Crippen molar-refractivity contribution in [3.63, 3.8) is 0 Å². The molecule has 0 saturated heterocycles. The van der Waals surface area contributed by atoms with Gasteiger partial charge in [0.25, 0.3) is 0 Å². The van der Waals surface area contributed by atoms with Gasteiger partial charge in [0.1, 0.15) is 5.76 Å². The zero-order valence-corrected chi connectivity index (χ0v) is 7.04. The molecule has 0 unspecified atom stereocenters. The van der Waals surface area contributed by atoms with E-state index in [0.717, 1.165) is 0 Å². The number of hydrogen-bond donors (Lipinski definition) is 3. The van der Waals surface area contributed by atoms with Crippen molar-refractivity contribution in [2.75, 3.05) is 0 Å². The minimum Gasteiger partial charge on any atom is -0.509 e. The second kappa shape index (κ2) is 4.28. The van der Waals surface area contributed by atoms with E-state index in [2.05, 4.69) is 13.2 Å². The molecule has 0 saturated carbocycles. The van der Waals surface area contributed by atoms with Crippen LogP contribution in [0.5, 0.6) is 0 Å². The SMILES string of the molecule is C=C/C(=C/C(O)=C(\C)O)C(=C)N. The van der Waals surface area contributed by atoms with Gasteiger partial charge in [-0.2, -0.15) is 0 Å². The molecule has 66 valence electrons. The van der Waals surface area contributed by atoms with E-state index in [1.807, 2.05) is 0 Å². The molecule has 0 aliphatic rings. The standard InChI is InChI=1S/C9H13NO2/c1-4-8(6(2)10)5-9(12)7(3)11/h4-5,11-12H,1-2,10H2,3H3/b8-5-,9-7-. The lowest BCUT2D eigenvalue weighted by Gasteiger charge is -2.00. The molecule has 0 aromatic heterocycles. The van der Waals surface area contributed by atoms with Crippen LogP contribution in [0.25, 0.3) is 0 Å². The van der Waals surface area contributed by atoms with Crippen LogP contribution < -0.4 is 5.73 Å². The fraction of sp³-hybridized carbons (Fsp3) is 0.111. The molecule has 12 heavy (non-hydrogen) atoms. The predicted octanol–water partition coefficient (Wildman–Crippen LogP) is 1.92. The Hall–Kier alpha value is -1.64. The second-order valence-corrected chi connectivity index (χ2v) is 2.30. The largest absolute Gasteiger partial charge is 0.509 e. The highest BCUT2D eigenvalue weighted by Gasteiger charge is 1.97. The maximum atomic E-state index is 9.09. The van der Waals surface area contributed by atoms with Crippen LogP contribution in [0.15, 0.2) is 48.1 Å². The normalized spacial score (nSPS) is 13.6. The molecule has 0 aliphatic carbocycles. The van der Waals surface area contributed by atoms with Crippen molar-refractivity contribution in [2.24, 2.45) is 5.73 Å². The number of rotatable bonds is 3. The van der Waals surface area contributed by atoms with Crippen molar-refractivity contribution in [1.82, 2.24) is 0 Å². The van der Waals surface area contributed by atoms with Crippen LogP contribution in [0.1, 0.15) is 6.92 Å². The fourth-order valence-electron chi connectivity index (χ4n) is 0.534. The summed E-state index contributed by atoms with van der Waals surface area (Å²) in [7, 11) is 0. The highest BCUT2D eigenvalue weighted by atomic mass is 16.3. The molecule has 0 radical (unpaired) electrons. The third-order valence-corrected chi connectivity index (χ3v) is 1.25. The Morgan fingerprint density at radius 2 is 1.92 bits per heavy atom. The number of aliphatic hydroxyl groups is 2. The molecule has 3 nitrogen and oxygen atoms in total. The van der Waals surface area contributed by atoms with Gasteiger partial charge in [0.15, 0.2) is 5.76 Å². The monoisotopic (exact) mass is 167 g/mol. The van der Waals surface area contributed by atoms with E-state index in [9.17, 15) is 0 Å². The number of allylic oxidation sites excluding steroid dienone is 3. The minimum atomic E-state index is -0.239. The third-order valence-electron chi connectivity index (χ3n) is 1.25. The maximum absolute atomic E-state index is 9.09. The summed E-state index contributed by atoms with van der Waals surface area (Å²) in [6.07, 6.45) is 2.74. The van der Waals surface area contributed by atoms with Crippen molar-refractivity contribution in [1.29, 1.82) is 0 Å². The number of hydrogen-bond acceptors (Lipinski definition) is 3. The lowest BCUT2D eigenvalue weighted by atomic mass is 10.2. The number of aliphatic hydroxyl groups excluding tert-OH is 2. The summed E-state index contributed by atoms with van der Waals surface area (Å²) in [5.74, 6) is -0.410. The van der Waals surface area contributed by atoms with Gasteiger partial charge in [-0.3, -0.25) is 0 Å². The lowest BCUT2D eigenvalue weighted by Crippen LogP contribution is -1.97. The molecule has 0 spiro atoms. The molecule has 0 heterocycles. The van der Waals surface area contributed by atoms with E-state index in [1.165, 1.54) is 19.1 Å². The summed E-state index contributed by atoms with van der Waals surface area (Å²) < 4.78 is 0. The Morgan fingerprint density at radius 1 is 1.42 bits per heavy atom. The quantitative estimate of drug-likeness (QED) is 0.444. The molecular formula is C9H13NO2. The summed E-state index contributed by atoms with van der Waals surface area (Å²) in [4.78, 5) is 0. The Bertz CT molecular complexity index is 258. The van der Waals surface area contributed by atoms with Crippen LogP contribution in [0.2, 0.25) is 0 Å². The van der Waals surface area contributed by atoms with Gasteiger partial charge in [0.2, 0.25) is 0 Å². The van der Waals surface area contributed by atoms with Gasteiger partial charge in [-0.1, -0.05) is 19.2 Å². The first-order valence-corrected chi connectivity index (χ1v) is 3.36. The first-order chi connectivity index (χ1) is 5.49. The summed E-state index contributed by atoms with van der Waals surface area (Å²) in [6, 6.07) is 0. The van der Waals surface area contributed by atoms with Crippen molar-refractivity contribution in [2.45, 2.75) is 6.92 Å². The van der Waals surface area contributed by atoms with Gasteiger partial charge in [0.05, 0.1) is 0 Å². The topological polar surface area (TPSA) is 66.5 Å². The van der Waals surface area contributed by atoms with Crippen LogP contribution in [0.4, 0.5) is 0 Å². The number of nitrogens with two attached hydrogens (primary N) is 1. The highest BCUT2D eigenvalue weighted by Crippen LogP contribution is 2.08. The summed E-state index contributed by atoms with van der Waals surface area (Å²) in [5, 5.41) is 17.9. The van der Waals surface area contributed by atoms with E-state index in [-0.39, 0.29) is 17.2 Å². The van der Waals surface area contributed by atoms with Crippen molar-refractivity contribution in [3.8, 4) is 0 Å². The Kier molecular flexibility index (Phi) is 3.70. The first kappa shape index (κ1) is 10.4. The summed E-state index contributed by atoms with van der Waals surface area (Å²) in [5.41, 5.74) is 6.12. The van der Waals surface area contributed by atoms with Gasteiger partial charge >= 0.3 is 0 Å². The molecule has 4 N–H and O–H groups in total. The molecule has 3 heteroatoms. The molecule has 0 rings (SSSR count). The van der Waals surface area contributed by atoms with Gasteiger partial charge in [-0.25, -0.2) is 0 Å². The molecule has 0 amide bonds. The van der Waals surface area contributed by atoms with Gasteiger partial charge < -0.3 is 15.9 Å². The van der Waals surface area contributed by atoms with E-state index < -0.39 is 0 Å². The van der Waals surface area contributed by atoms with E-state index in [0.29, 0.717) is 5.57 Å². The van der Waals surface area contributed by atoms with Gasteiger partial charge in [0, 0.05) is 5.70 Å². The van der Waals surface area contributed by atoms with Crippen LogP contribution in [-0.2, 0) is 0 Å². The molecule has 0 atom stereocenters. The molecular weight excluding hydrogens is 154 g/mol. The van der Waals surface area contributed by atoms with Crippen LogP contribution >= 0.6 is 0 Å². The molecule has 0 aromatic carbocycles. The van der Waals surface area contributed by atoms with Gasteiger partial charge in [-0.05, 0) is 18.6 Å². The van der Waals surface area contributed by atoms with Gasteiger partial charge in [-0.15, -0.1) is 0 Å². The molecule has 0 aromatic rings. The third kappa shape index (κ3) is 2.96. The smallest absolute Gasteiger partial charge is 0.153 e. The van der Waals surface area contributed by atoms with Crippen LogP contribution in [-0.4, -0.2) is 10.2 Å². The van der Waals surface area contributed by atoms with Crippen LogP contribution in [0.3, 0.4) is 0 Å².